The first kappa shape index (κ1) is 14.6. The lowest BCUT2D eigenvalue weighted by molar-refractivity contribution is 0.934. The van der Waals surface area contributed by atoms with E-state index in [0.717, 1.165) is 36.3 Å². The highest BCUT2D eigenvalue weighted by molar-refractivity contribution is 7.98. The van der Waals surface area contributed by atoms with Crippen molar-refractivity contribution in [3.8, 4) is 0 Å². The fourth-order valence-corrected chi connectivity index (χ4v) is 2.14. The topological polar surface area (TPSA) is 62.7 Å². The van der Waals surface area contributed by atoms with Crippen LogP contribution in [0, 0.1) is 0 Å². The van der Waals surface area contributed by atoms with E-state index in [1.807, 2.05) is 24.6 Å². The Bertz CT molecular complexity index is 532. The van der Waals surface area contributed by atoms with Crippen LogP contribution >= 0.6 is 11.8 Å². The zero-order valence-corrected chi connectivity index (χ0v) is 12.6. The summed E-state index contributed by atoms with van der Waals surface area (Å²) in [6.45, 7) is 3.72. The zero-order chi connectivity index (χ0) is 14.2. The average molecular weight is 289 g/mol. The summed E-state index contributed by atoms with van der Waals surface area (Å²) in [5.74, 6) is 1.71. The van der Waals surface area contributed by atoms with Crippen molar-refractivity contribution in [2.24, 2.45) is 0 Å². The molecule has 0 radical (unpaired) electrons. The number of anilines is 2. The van der Waals surface area contributed by atoms with Crippen LogP contribution in [-0.2, 0) is 6.42 Å². The summed E-state index contributed by atoms with van der Waals surface area (Å²) in [6, 6.07) is 5.97. The zero-order valence-electron chi connectivity index (χ0n) is 11.8. The van der Waals surface area contributed by atoms with Crippen LogP contribution < -0.4 is 10.6 Å². The number of pyridine rings is 1. The van der Waals surface area contributed by atoms with Gasteiger partial charge in [0, 0.05) is 31.5 Å². The molecule has 0 atom stereocenters. The second-order valence-corrected chi connectivity index (χ2v) is 4.97. The second-order valence-electron chi connectivity index (χ2n) is 4.19. The van der Waals surface area contributed by atoms with E-state index in [-0.39, 0.29) is 0 Å². The van der Waals surface area contributed by atoms with Crippen LogP contribution in [0.15, 0.2) is 35.7 Å². The van der Waals surface area contributed by atoms with E-state index < -0.39 is 0 Å². The molecule has 0 aromatic carbocycles. The molecule has 0 unspecified atom stereocenters. The molecule has 2 aromatic rings. The second kappa shape index (κ2) is 7.69. The molecule has 0 bridgehead atoms. The van der Waals surface area contributed by atoms with Crippen LogP contribution in [0.1, 0.15) is 12.5 Å². The fraction of sp³-hybridized carbons (Fsp3) is 0.357. The maximum absolute atomic E-state index is 4.45. The van der Waals surface area contributed by atoms with Gasteiger partial charge in [0.25, 0.3) is 0 Å². The molecule has 6 heteroatoms. The molecular formula is C14H19N5S. The van der Waals surface area contributed by atoms with Crippen LogP contribution in [0.2, 0.25) is 0 Å². The Morgan fingerprint density at radius 1 is 1.20 bits per heavy atom. The number of rotatable bonds is 7. The Balaban J connectivity index is 1.96. The first-order valence-corrected chi connectivity index (χ1v) is 7.84. The first-order valence-electron chi connectivity index (χ1n) is 6.61. The van der Waals surface area contributed by atoms with Gasteiger partial charge in [0.05, 0.1) is 0 Å². The standard InChI is InChI=1S/C14H19N5S/c1-3-16-12-9-13(19-14(18-12)20-2)17-8-6-11-5-4-7-15-10-11/h4-5,7,9-10H,3,6,8H2,1-2H3,(H2,16,17,18,19). The fourth-order valence-electron chi connectivity index (χ4n) is 1.76. The predicted molar refractivity (Wildman–Crippen MR) is 84.4 cm³/mol. The van der Waals surface area contributed by atoms with Crippen molar-refractivity contribution in [1.82, 2.24) is 15.0 Å². The minimum absolute atomic E-state index is 0.771. The summed E-state index contributed by atoms with van der Waals surface area (Å²) < 4.78 is 0. The van der Waals surface area contributed by atoms with Gasteiger partial charge in [-0.1, -0.05) is 17.8 Å². The summed E-state index contributed by atoms with van der Waals surface area (Å²) in [5.41, 5.74) is 1.21. The largest absolute Gasteiger partial charge is 0.370 e. The number of hydrogen-bond donors (Lipinski definition) is 2. The lowest BCUT2D eigenvalue weighted by atomic mass is 10.2. The van der Waals surface area contributed by atoms with Gasteiger partial charge >= 0.3 is 0 Å². The summed E-state index contributed by atoms with van der Waals surface area (Å²) in [6.07, 6.45) is 6.57. The van der Waals surface area contributed by atoms with E-state index in [1.54, 1.807) is 18.0 Å². The van der Waals surface area contributed by atoms with Crippen molar-refractivity contribution in [3.05, 3.63) is 36.2 Å². The van der Waals surface area contributed by atoms with Crippen molar-refractivity contribution in [2.75, 3.05) is 30.0 Å². The molecule has 2 aromatic heterocycles. The molecule has 0 spiro atoms. The molecule has 2 rings (SSSR count). The highest BCUT2D eigenvalue weighted by Crippen LogP contribution is 2.17. The van der Waals surface area contributed by atoms with E-state index in [4.69, 9.17) is 0 Å². The molecule has 106 valence electrons. The van der Waals surface area contributed by atoms with Crippen molar-refractivity contribution < 1.29 is 0 Å². The van der Waals surface area contributed by atoms with Gasteiger partial charge in [0.15, 0.2) is 5.16 Å². The minimum Gasteiger partial charge on any atom is -0.370 e. The van der Waals surface area contributed by atoms with Gasteiger partial charge in [-0.05, 0) is 31.2 Å². The van der Waals surface area contributed by atoms with E-state index in [0.29, 0.717) is 0 Å². The van der Waals surface area contributed by atoms with Gasteiger partial charge in [0.1, 0.15) is 11.6 Å². The Hall–Kier alpha value is -1.82. The van der Waals surface area contributed by atoms with Gasteiger partial charge in [-0.15, -0.1) is 0 Å². The molecule has 5 nitrogen and oxygen atoms in total. The van der Waals surface area contributed by atoms with Crippen LogP contribution in [0.25, 0.3) is 0 Å². The molecule has 0 saturated heterocycles. The number of thioether (sulfide) groups is 1. The highest BCUT2D eigenvalue weighted by atomic mass is 32.2. The maximum Gasteiger partial charge on any atom is 0.191 e. The van der Waals surface area contributed by atoms with Crippen LogP contribution in [0.4, 0.5) is 11.6 Å². The molecule has 0 amide bonds. The van der Waals surface area contributed by atoms with Gasteiger partial charge in [-0.25, -0.2) is 9.97 Å². The molecule has 0 saturated carbocycles. The van der Waals surface area contributed by atoms with E-state index >= 15 is 0 Å². The van der Waals surface area contributed by atoms with E-state index in [9.17, 15) is 0 Å². The molecule has 0 aliphatic rings. The molecule has 2 N–H and O–H groups in total. The summed E-state index contributed by atoms with van der Waals surface area (Å²) in [5, 5.41) is 7.32. The Labute approximate surface area is 123 Å². The third-order valence-corrected chi connectivity index (χ3v) is 3.24. The van der Waals surface area contributed by atoms with Gasteiger partial charge < -0.3 is 10.6 Å². The lowest BCUT2D eigenvalue weighted by Crippen LogP contribution is -2.09. The van der Waals surface area contributed by atoms with Crippen molar-refractivity contribution in [3.63, 3.8) is 0 Å². The lowest BCUT2D eigenvalue weighted by Gasteiger charge is -2.09. The van der Waals surface area contributed by atoms with Crippen LogP contribution in [0.5, 0.6) is 0 Å². The summed E-state index contributed by atoms with van der Waals surface area (Å²) in [4.78, 5) is 13.0. The average Bonchev–Trinajstić information content (AvgIpc) is 2.48. The first-order chi connectivity index (χ1) is 9.81. The Kier molecular flexibility index (Phi) is 5.61. The predicted octanol–water partition coefficient (Wildman–Crippen LogP) is 2.68. The van der Waals surface area contributed by atoms with Crippen molar-refractivity contribution >= 4 is 23.4 Å². The number of nitrogens with zero attached hydrogens (tertiary/aromatic N) is 3. The third kappa shape index (κ3) is 4.38. The van der Waals surface area contributed by atoms with Gasteiger partial charge in [-0.3, -0.25) is 4.98 Å². The smallest absolute Gasteiger partial charge is 0.191 e. The van der Waals surface area contributed by atoms with E-state index in [1.165, 1.54) is 5.56 Å². The Morgan fingerprint density at radius 3 is 2.65 bits per heavy atom. The minimum atomic E-state index is 0.771. The number of aromatic nitrogens is 3. The highest BCUT2D eigenvalue weighted by Gasteiger charge is 2.03. The van der Waals surface area contributed by atoms with Gasteiger partial charge in [-0.2, -0.15) is 0 Å². The molecule has 20 heavy (non-hydrogen) atoms. The normalized spacial score (nSPS) is 10.3. The van der Waals surface area contributed by atoms with Crippen LogP contribution in [0.3, 0.4) is 0 Å². The molecule has 0 aliphatic carbocycles. The number of hydrogen-bond acceptors (Lipinski definition) is 6. The SMILES string of the molecule is CCNc1cc(NCCc2cccnc2)nc(SC)n1. The number of nitrogens with one attached hydrogen (secondary N) is 2. The molecule has 2 heterocycles. The molecule has 0 fully saturated rings. The summed E-state index contributed by atoms with van der Waals surface area (Å²) in [7, 11) is 0. The molecule has 0 aliphatic heterocycles. The Morgan fingerprint density at radius 2 is 2.00 bits per heavy atom. The quantitative estimate of drug-likeness (QED) is 0.603. The third-order valence-electron chi connectivity index (χ3n) is 2.69. The summed E-state index contributed by atoms with van der Waals surface area (Å²) >= 11 is 1.54. The molecular weight excluding hydrogens is 270 g/mol. The monoisotopic (exact) mass is 289 g/mol. The van der Waals surface area contributed by atoms with E-state index in [2.05, 4.69) is 38.6 Å². The van der Waals surface area contributed by atoms with Crippen molar-refractivity contribution in [2.45, 2.75) is 18.5 Å². The van der Waals surface area contributed by atoms with Crippen LogP contribution in [-0.4, -0.2) is 34.3 Å². The van der Waals surface area contributed by atoms with Gasteiger partial charge in [0.2, 0.25) is 0 Å². The maximum atomic E-state index is 4.45. The van der Waals surface area contributed by atoms with Crippen molar-refractivity contribution in [1.29, 1.82) is 0 Å².